The number of aliphatic hydroxyl groups is 1. The fraction of sp³-hybridized carbons (Fsp3) is 0.500. The van der Waals surface area contributed by atoms with Crippen molar-refractivity contribution in [2.24, 2.45) is 11.3 Å². The van der Waals surface area contributed by atoms with Crippen molar-refractivity contribution in [3.05, 3.63) is 58.6 Å². The second-order valence-corrected chi connectivity index (χ2v) is 10.9. The average Bonchev–Trinajstić information content (AvgIpc) is 3.60. The van der Waals surface area contributed by atoms with E-state index < -0.39 is 23.2 Å². The number of ether oxygens (including phenoxy) is 1. The molecule has 2 aromatic carbocycles. The Hall–Kier alpha value is -2.98. The number of alkyl halides is 3. The molecule has 2 amide bonds. The molecular weight excluding hydrogens is 535 g/mol. The predicted molar refractivity (Wildman–Crippen MR) is 142 cm³/mol. The van der Waals surface area contributed by atoms with E-state index in [4.69, 9.17) is 16.3 Å². The molecule has 2 aromatic rings. The minimum atomic E-state index is -5.21. The molecule has 1 heterocycles. The minimum Gasteiger partial charge on any atom is -0.497 e. The number of nitrogens with one attached hydrogen (secondary N) is 1. The fourth-order valence-electron chi connectivity index (χ4n) is 5.67. The summed E-state index contributed by atoms with van der Waals surface area (Å²) in [6.07, 6.45) is -1.86. The van der Waals surface area contributed by atoms with Crippen molar-refractivity contribution >= 4 is 29.1 Å². The summed E-state index contributed by atoms with van der Waals surface area (Å²) in [6.45, 7) is 1.70. The highest BCUT2D eigenvalue weighted by Crippen LogP contribution is 2.61. The summed E-state index contributed by atoms with van der Waals surface area (Å²) in [5.41, 5.74) is -2.78. The van der Waals surface area contributed by atoms with Gasteiger partial charge in [0.1, 0.15) is 5.75 Å². The Labute approximate surface area is 230 Å². The largest absolute Gasteiger partial charge is 0.497 e. The Morgan fingerprint density at radius 2 is 1.90 bits per heavy atom. The number of methoxy groups -OCH3 is 1. The van der Waals surface area contributed by atoms with Crippen LogP contribution in [0.3, 0.4) is 0 Å². The summed E-state index contributed by atoms with van der Waals surface area (Å²) in [6, 6.07) is 10.2. The molecule has 2 N–H and O–H groups in total. The van der Waals surface area contributed by atoms with Crippen LogP contribution in [-0.4, -0.2) is 68.8 Å². The second kappa shape index (κ2) is 10.9. The molecule has 1 unspecified atom stereocenters. The Morgan fingerprint density at radius 1 is 1.21 bits per heavy atom. The average molecular weight is 568 g/mol. The van der Waals surface area contributed by atoms with Gasteiger partial charge in [0.05, 0.1) is 17.7 Å². The van der Waals surface area contributed by atoms with Crippen LogP contribution in [0.15, 0.2) is 42.5 Å². The number of hydrogen-bond acceptors (Lipinski definition) is 5. The maximum absolute atomic E-state index is 14.0. The number of likely N-dealkylation sites (N-methyl/N-ethyl adjacent to an activating group) is 1. The molecule has 7 nitrogen and oxygen atoms in total. The standard InChI is InChI=1S/C28H33ClF3N3O4/c1-33-24(36)22-8-7-20(16-23(22)29)35-13-10-26(11-14-35)17-19(26)9-12-34(2)25(37)27(38,28(30,31)32)18-5-4-6-21(15-18)39-3/h4-8,15-16,19,38H,9-14,17H2,1-3H3,(H,33,36)/t19?,27-/m1/s1. The lowest BCUT2D eigenvalue weighted by atomic mass is 9.89. The quantitative estimate of drug-likeness (QED) is 0.487. The molecule has 1 saturated heterocycles. The topological polar surface area (TPSA) is 82.1 Å². The molecule has 4 rings (SSSR count). The van der Waals surface area contributed by atoms with Crippen LogP contribution in [0.4, 0.5) is 18.9 Å². The monoisotopic (exact) mass is 567 g/mol. The van der Waals surface area contributed by atoms with Crippen molar-refractivity contribution < 1.29 is 32.6 Å². The van der Waals surface area contributed by atoms with Crippen LogP contribution in [0.2, 0.25) is 5.02 Å². The van der Waals surface area contributed by atoms with Gasteiger partial charge in [-0.2, -0.15) is 13.2 Å². The minimum absolute atomic E-state index is 0.105. The first kappa shape index (κ1) is 29.0. The lowest BCUT2D eigenvalue weighted by Crippen LogP contribution is -2.55. The first-order valence-corrected chi connectivity index (χ1v) is 13.2. The Kier molecular flexibility index (Phi) is 8.10. The van der Waals surface area contributed by atoms with Gasteiger partial charge in [-0.05, 0) is 67.3 Å². The Morgan fingerprint density at radius 3 is 2.49 bits per heavy atom. The molecule has 11 heteroatoms. The van der Waals surface area contributed by atoms with Crippen molar-refractivity contribution in [3.63, 3.8) is 0 Å². The predicted octanol–water partition coefficient (Wildman–Crippen LogP) is 4.61. The first-order chi connectivity index (χ1) is 18.4. The second-order valence-electron chi connectivity index (χ2n) is 10.4. The number of amides is 2. The van der Waals surface area contributed by atoms with Gasteiger partial charge in [-0.1, -0.05) is 23.7 Å². The van der Waals surface area contributed by atoms with Gasteiger partial charge < -0.3 is 25.0 Å². The van der Waals surface area contributed by atoms with Crippen LogP contribution in [0.5, 0.6) is 5.75 Å². The van der Waals surface area contributed by atoms with Gasteiger partial charge in [0.25, 0.3) is 17.4 Å². The van der Waals surface area contributed by atoms with E-state index in [2.05, 4.69) is 10.2 Å². The number of halogens is 4. The third kappa shape index (κ3) is 5.54. The van der Waals surface area contributed by atoms with Gasteiger partial charge >= 0.3 is 6.18 Å². The summed E-state index contributed by atoms with van der Waals surface area (Å²) in [5, 5.41) is 13.7. The van der Waals surface area contributed by atoms with E-state index in [0.29, 0.717) is 22.9 Å². The van der Waals surface area contributed by atoms with Crippen molar-refractivity contribution in [2.45, 2.75) is 37.5 Å². The number of hydrogen-bond donors (Lipinski definition) is 2. The third-order valence-electron chi connectivity index (χ3n) is 8.27. The lowest BCUT2D eigenvalue weighted by molar-refractivity contribution is -0.261. The summed E-state index contributed by atoms with van der Waals surface area (Å²) in [7, 11) is 4.14. The third-order valence-corrected chi connectivity index (χ3v) is 8.59. The van der Waals surface area contributed by atoms with Gasteiger partial charge in [0.2, 0.25) is 0 Å². The van der Waals surface area contributed by atoms with Gasteiger partial charge in [0.15, 0.2) is 0 Å². The number of carbonyl (C=O) groups excluding carboxylic acids is 2. The summed E-state index contributed by atoms with van der Waals surface area (Å²) in [4.78, 5) is 28.1. The van der Waals surface area contributed by atoms with E-state index in [0.717, 1.165) is 55.1 Å². The molecule has 0 aromatic heterocycles. The SMILES string of the molecule is CNC(=O)c1ccc(N2CCC3(CC2)CC3CCN(C)C(=O)[C@](O)(c2cccc(OC)c2)C(F)(F)F)cc1Cl. The smallest absolute Gasteiger partial charge is 0.430 e. The highest BCUT2D eigenvalue weighted by atomic mass is 35.5. The molecule has 2 atom stereocenters. The summed E-state index contributed by atoms with van der Waals surface area (Å²) >= 11 is 6.31. The number of benzene rings is 2. The number of nitrogens with zero attached hydrogens (tertiary/aromatic N) is 2. The molecule has 1 aliphatic carbocycles. The highest BCUT2D eigenvalue weighted by Gasteiger charge is 2.62. The Bertz CT molecular complexity index is 1230. The molecule has 1 spiro atoms. The molecule has 212 valence electrons. The van der Waals surface area contributed by atoms with Gasteiger partial charge in [-0.15, -0.1) is 0 Å². The summed E-state index contributed by atoms with van der Waals surface area (Å²) in [5.74, 6) is -1.25. The van der Waals surface area contributed by atoms with Gasteiger partial charge in [-0.25, -0.2) is 0 Å². The molecule has 1 aliphatic heterocycles. The number of anilines is 1. The molecule has 39 heavy (non-hydrogen) atoms. The van der Waals surface area contributed by atoms with Crippen LogP contribution < -0.4 is 15.0 Å². The maximum Gasteiger partial charge on any atom is 0.430 e. The number of carbonyl (C=O) groups is 2. The normalized spacial score (nSPS) is 19.8. The molecule has 0 bridgehead atoms. The van der Waals surface area contributed by atoms with Crippen LogP contribution >= 0.6 is 11.6 Å². The van der Waals surface area contributed by atoms with Gasteiger partial charge in [-0.3, -0.25) is 9.59 Å². The van der Waals surface area contributed by atoms with E-state index in [1.165, 1.54) is 26.3 Å². The van der Waals surface area contributed by atoms with E-state index in [-0.39, 0.29) is 23.6 Å². The molecule has 1 saturated carbocycles. The molecule has 2 aliphatic rings. The van der Waals surface area contributed by atoms with Crippen LogP contribution in [0.1, 0.15) is 41.6 Å². The van der Waals surface area contributed by atoms with E-state index in [1.807, 2.05) is 6.07 Å². The van der Waals surface area contributed by atoms with Crippen molar-refractivity contribution in [2.75, 3.05) is 45.7 Å². The molecular formula is C28H33ClF3N3O4. The van der Waals surface area contributed by atoms with Crippen LogP contribution in [0, 0.1) is 11.3 Å². The van der Waals surface area contributed by atoms with Crippen molar-refractivity contribution in [1.82, 2.24) is 10.2 Å². The number of rotatable bonds is 8. The molecule has 0 radical (unpaired) electrons. The van der Waals surface area contributed by atoms with Crippen LogP contribution in [-0.2, 0) is 10.4 Å². The Balaban J connectivity index is 1.35. The summed E-state index contributed by atoms with van der Waals surface area (Å²) < 4.78 is 47.1. The highest BCUT2D eigenvalue weighted by molar-refractivity contribution is 6.34. The van der Waals surface area contributed by atoms with E-state index >= 15 is 0 Å². The van der Waals surface area contributed by atoms with E-state index in [1.54, 1.807) is 19.2 Å². The zero-order valence-corrected chi connectivity index (χ0v) is 22.9. The van der Waals surface area contributed by atoms with Crippen LogP contribution in [0.25, 0.3) is 0 Å². The van der Waals surface area contributed by atoms with Gasteiger partial charge in [0, 0.05) is 45.0 Å². The lowest BCUT2D eigenvalue weighted by Gasteiger charge is -2.35. The number of piperidine rings is 1. The zero-order valence-electron chi connectivity index (χ0n) is 22.1. The first-order valence-electron chi connectivity index (χ1n) is 12.8. The fourth-order valence-corrected chi connectivity index (χ4v) is 5.93. The van der Waals surface area contributed by atoms with Crippen molar-refractivity contribution in [1.29, 1.82) is 0 Å². The molecule has 2 fully saturated rings. The van der Waals surface area contributed by atoms with Crippen molar-refractivity contribution in [3.8, 4) is 5.75 Å². The maximum atomic E-state index is 14.0. The zero-order chi connectivity index (χ0) is 28.6. The van der Waals surface area contributed by atoms with E-state index in [9.17, 15) is 27.9 Å².